The van der Waals surface area contributed by atoms with E-state index in [9.17, 15) is 28.3 Å². The van der Waals surface area contributed by atoms with E-state index in [1.165, 1.54) is 19.1 Å². The molecule has 0 radical (unpaired) electrons. The van der Waals surface area contributed by atoms with Crippen molar-refractivity contribution < 1.29 is 33.0 Å². The van der Waals surface area contributed by atoms with Gasteiger partial charge in [0.15, 0.2) is 0 Å². The number of methoxy groups -OCH3 is 1. The Balaban J connectivity index is 1.51. The molecule has 1 saturated carbocycles. The number of halogens is 3. The standard InChI is InChI=1S/C36H39ClF2N4O5S/c1-36(2,3)43(35(46)47)18-20-6-9-24(10-7-20)42(34(45)32-30(37)29-25(38)11-12-26(39)31(29)49-32)19-23-16-21(8-13-28(23)48-5)22-14-15-41-27(17-22)33(44)40-4/h8,11-17,20,24H,6-7,9-10,18-19H2,1-5H3,(H,40,44)(H,46,47). The van der Waals surface area contributed by atoms with Gasteiger partial charge in [-0.1, -0.05) is 17.7 Å². The third kappa shape index (κ3) is 7.65. The van der Waals surface area contributed by atoms with Crippen molar-refractivity contribution in [3.05, 3.63) is 81.5 Å². The van der Waals surface area contributed by atoms with Crippen molar-refractivity contribution in [2.45, 2.75) is 64.6 Å². The van der Waals surface area contributed by atoms with Crippen LogP contribution in [-0.4, -0.2) is 70.1 Å². The Kier molecular flexibility index (Phi) is 10.8. The zero-order chi connectivity index (χ0) is 35.6. The van der Waals surface area contributed by atoms with E-state index in [0.29, 0.717) is 43.5 Å². The molecular weight excluding hydrogens is 674 g/mol. The number of hydrogen-bond acceptors (Lipinski definition) is 6. The molecule has 0 aliphatic heterocycles. The van der Waals surface area contributed by atoms with Gasteiger partial charge in [-0.25, -0.2) is 13.6 Å². The monoisotopic (exact) mass is 712 g/mol. The lowest BCUT2D eigenvalue weighted by Crippen LogP contribution is -2.48. The maximum Gasteiger partial charge on any atom is 0.407 e. The predicted octanol–water partition coefficient (Wildman–Crippen LogP) is 8.24. The second kappa shape index (κ2) is 14.7. The number of carbonyl (C=O) groups excluding carboxylic acids is 2. The molecule has 3 amide bonds. The number of amides is 3. The Bertz CT molecular complexity index is 1890. The highest BCUT2D eigenvalue weighted by atomic mass is 35.5. The molecule has 2 N–H and O–H groups in total. The molecule has 13 heteroatoms. The number of ether oxygens (including phenoxy) is 1. The Morgan fingerprint density at radius 1 is 1.04 bits per heavy atom. The van der Waals surface area contributed by atoms with Gasteiger partial charge in [-0.05, 0) is 99.9 Å². The maximum atomic E-state index is 14.8. The minimum Gasteiger partial charge on any atom is -0.496 e. The van der Waals surface area contributed by atoms with Crippen molar-refractivity contribution in [1.29, 1.82) is 0 Å². The van der Waals surface area contributed by atoms with Crippen LogP contribution in [0.5, 0.6) is 5.75 Å². The van der Waals surface area contributed by atoms with Gasteiger partial charge in [0.25, 0.3) is 11.8 Å². The highest BCUT2D eigenvalue weighted by Gasteiger charge is 2.35. The molecule has 5 rings (SSSR count). The summed E-state index contributed by atoms with van der Waals surface area (Å²) in [6.45, 7) is 6.05. The lowest BCUT2D eigenvalue weighted by Gasteiger charge is -2.40. The van der Waals surface area contributed by atoms with Crippen LogP contribution in [0.15, 0.2) is 48.7 Å². The molecule has 1 aliphatic carbocycles. The van der Waals surface area contributed by atoms with Crippen LogP contribution in [0.3, 0.4) is 0 Å². The summed E-state index contributed by atoms with van der Waals surface area (Å²) in [7, 11) is 3.06. The van der Waals surface area contributed by atoms with Gasteiger partial charge in [-0.3, -0.25) is 14.6 Å². The zero-order valence-corrected chi connectivity index (χ0v) is 29.6. The lowest BCUT2D eigenvalue weighted by molar-refractivity contribution is 0.0535. The van der Waals surface area contributed by atoms with Crippen LogP contribution in [-0.2, 0) is 6.54 Å². The quantitative estimate of drug-likeness (QED) is 0.181. The first kappa shape index (κ1) is 36.0. The number of pyridine rings is 1. The molecule has 1 fully saturated rings. The molecule has 49 heavy (non-hydrogen) atoms. The van der Waals surface area contributed by atoms with Crippen LogP contribution in [0, 0.1) is 17.6 Å². The van der Waals surface area contributed by atoms with Gasteiger partial charge in [0, 0.05) is 43.5 Å². The summed E-state index contributed by atoms with van der Waals surface area (Å²) in [4.78, 5) is 46.1. The number of hydrogen-bond donors (Lipinski definition) is 2. The van der Waals surface area contributed by atoms with Crippen LogP contribution < -0.4 is 10.1 Å². The van der Waals surface area contributed by atoms with Crippen molar-refractivity contribution in [3.63, 3.8) is 0 Å². The van der Waals surface area contributed by atoms with E-state index in [2.05, 4.69) is 10.3 Å². The predicted molar refractivity (Wildman–Crippen MR) is 186 cm³/mol. The Hall–Kier alpha value is -4.29. The van der Waals surface area contributed by atoms with Crippen molar-refractivity contribution in [2.24, 2.45) is 5.92 Å². The molecule has 0 bridgehead atoms. The number of thiophene rings is 1. The third-order valence-corrected chi connectivity index (χ3v) is 10.7. The topological polar surface area (TPSA) is 112 Å². The average Bonchev–Trinajstić information content (AvgIpc) is 3.44. The number of carbonyl (C=O) groups is 3. The van der Waals surface area contributed by atoms with Crippen molar-refractivity contribution >= 4 is 50.9 Å². The normalized spacial score (nSPS) is 16.3. The fourth-order valence-electron chi connectivity index (χ4n) is 6.40. The molecule has 1 aliphatic rings. The van der Waals surface area contributed by atoms with Gasteiger partial charge in [0.05, 0.1) is 22.2 Å². The Morgan fingerprint density at radius 2 is 1.71 bits per heavy atom. The summed E-state index contributed by atoms with van der Waals surface area (Å²) >= 11 is 7.44. The summed E-state index contributed by atoms with van der Waals surface area (Å²) in [6.07, 6.45) is 3.09. The number of aromatic nitrogens is 1. The SMILES string of the molecule is CNC(=O)c1cc(-c2ccc(OC)c(CN(C(=O)c3sc4c(F)ccc(F)c4c3Cl)C3CCC(CN(C(=O)O)C(C)(C)C)CC3)c2)ccn1. The minimum absolute atomic E-state index is 0.0304. The zero-order valence-electron chi connectivity index (χ0n) is 28.0. The van der Waals surface area contributed by atoms with Crippen LogP contribution >= 0.6 is 22.9 Å². The minimum atomic E-state index is -0.978. The second-order valence-corrected chi connectivity index (χ2v) is 14.6. The largest absolute Gasteiger partial charge is 0.496 e. The molecule has 0 unspecified atom stereocenters. The number of nitrogens with zero attached hydrogens (tertiary/aromatic N) is 3. The molecular formula is C36H39ClF2N4O5S. The number of fused-ring (bicyclic) bond motifs is 1. The average molecular weight is 713 g/mol. The fraction of sp³-hybridized carbons (Fsp3) is 0.389. The summed E-state index contributed by atoms with van der Waals surface area (Å²) < 4.78 is 35.3. The summed E-state index contributed by atoms with van der Waals surface area (Å²) in [5.74, 6) is -1.55. The van der Waals surface area contributed by atoms with E-state index < -0.39 is 29.2 Å². The molecule has 4 aromatic rings. The molecule has 0 spiro atoms. The third-order valence-electron chi connectivity index (χ3n) is 9.05. The van der Waals surface area contributed by atoms with Crippen molar-refractivity contribution in [1.82, 2.24) is 20.1 Å². The van der Waals surface area contributed by atoms with Gasteiger partial charge < -0.3 is 25.0 Å². The highest BCUT2D eigenvalue weighted by molar-refractivity contribution is 7.21. The van der Waals surface area contributed by atoms with Crippen molar-refractivity contribution in [3.8, 4) is 16.9 Å². The Labute approximate surface area is 292 Å². The molecule has 2 heterocycles. The first-order chi connectivity index (χ1) is 23.2. The van der Waals surface area contributed by atoms with Gasteiger partial charge in [-0.2, -0.15) is 0 Å². The van der Waals surface area contributed by atoms with E-state index in [-0.39, 0.29) is 50.1 Å². The first-order valence-electron chi connectivity index (χ1n) is 16.0. The van der Waals surface area contributed by atoms with E-state index in [0.717, 1.165) is 34.6 Å². The van der Waals surface area contributed by atoms with Crippen LogP contribution in [0.4, 0.5) is 13.6 Å². The van der Waals surface area contributed by atoms with Crippen LogP contribution in [0.2, 0.25) is 5.02 Å². The van der Waals surface area contributed by atoms with Crippen molar-refractivity contribution in [2.75, 3.05) is 20.7 Å². The van der Waals surface area contributed by atoms with Gasteiger partial charge in [0.1, 0.15) is 28.0 Å². The molecule has 260 valence electrons. The smallest absolute Gasteiger partial charge is 0.407 e. The van der Waals surface area contributed by atoms with Crippen LogP contribution in [0.1, 0.15) is 72.2 Å². The fourth-order valence-corrected chi connectivity index (χ4v) is 7.90. The lowest BCUT2D eigenvalue weighted by atomic mass is 9.84. The Morgan fingerprint density at radius 3 is 2.33 bits per heavy atom. The number of nitrogens with one attached hydrogen (secondary N) is 1. The molecule has 2 aromatic carbocycles. The molecule has 0 atom stereocenters. The number of rotatable bonds is 9. The first-order valence-corrected chi connectivity index (χ1v) is 17.2. The van der Waals surface area contributed by atoms with Crippen LogP contribution in [0.25, 0.3) is 21.2 Å². The van der Waals surface area contributed by atoms with E-state index in [1.54, 1.807) is 29.3 Å². The maximum absolute atomic E-state index is 14.8. The number of carboxylic acid groups (broad SMARTS) is 1. The molecule has 9 nitrogen and oxygen atoms in total. The van der Waals surface area contributed by atoms with Gasteiger partial charge in [-0.15, -0.1) is 11.3 Å². The molecule has 2 aromatic heterocycles. The van der Waals surface area contributed by atoms with E-state index in [4.69, 9.17) is 16.3 Å². The van der Waals surface area contributed by atoms with Gasteiger partial charge >= 0.3 is 6.09 Å². The van der Waals surface area contributed by atoms with E-state index >= 15 is 0 Å². The second-order valence-electron chi connectivity index (χ2n) is 13.2. The molecule has 0 saturated heterocycles. The van der Waals surface area contributed by atoms with E-state index in [1.807, 2.05) is 32.9 Å². The highest BCUT2D eigenvalue weighted by Crippen LogP contribution is 2.41. The summed E-state index contributed by atoms with van der Waals surface area (Å²) in [6, 6.07) is 10.7. The van der Waals surface area contributed by atoms with Gasteiger partial charge in [0.2, 0.25) is 0 Å². The number of benzene rings is 2. The summed E-state index contributed by atoms with van der Waals surface area (Å²) in [5.41, 5.74) is 1.85. The summed E-state index contributed by atoms with van der Waals surface area (Å²) in [5, 5.41) is 12.2.